The van der Waals surface area contributed by atoms with Crippen molar-refractivity contribution in [3.05, 3.63) is 34.7 Å². The fourth-order valence-corrected chi connectivity index (χ4v) is 1.23. The third-order valence-corrected chi connectivity index (χ3v) is 1.76. The Morgan fingerprint density at radius 3 is 2.73 bits per heavy atom. The van der Waals surface area contributed by atoms with Gasteiger partial charge in [0.2, 0.25) is 5.78 Å². The summed E-state index contributed by atoms with van der Waals surface area (Å²) < 4.78 is 0.720. The first kappa shape index (κ1) is 6.22. The van der Waals surface area contributed by atoms with Gasteiger partial charge in [-0.1, -0.05) is 12.1 Å². The van der Waals surface area contributed by atoms with Crippen LogP contribution in [0.5, 0.6) is 0 Å². The third kappa shape index (κ3) is 0.774. The number of nitroso groups, excluding NO2 is 1. The lowest BCUT2D eigenvalue weighted by molar-refractivity contribution is -0.441. The van der Waals surface area contributed by atoms with E-state index in [2.05, 4.69) is 0 Å². The Labute approximate surface area is 63.2 Å². The number of nitrogens with zero attached hydrogens (tertiary/aromatic N) is 1. The Morgan fingerprint density at radius 1 is 1.27 bits per heavy atom. The summed E-state index contributed by atoms with van der Waals surface area (Å²) in [5, 5.41) is 0. The molecule has 3 nitrogen and oxygen atoms in total. The molecule has 1 heterocycles. The fourth-order valence-electron chi connectivity index (χ4n) is 1.23. The molecule has 54 valence electrons. The van der Waals surface area contributed by atoms with E-state index in [-0.39, 0.29) is 12.3 Å². The number of benzene rings is 1. The molecule has 0 fully saturated rings. The Kier molecular flexibility index (Phi) is 1.12. The van der Waals surface area contributed by atoms with E-state index >= 15 is 0 Å². The molecule has 1 aliphatic heterocycles. The summed E-state index contributed by atoms with van der Waals surface area (Å²) in [7, 11) is 0. The number of Topliss-reactive ketones (excluding diaryl/α,β-unsaturated/α-hetero) is 1. The minimum Gasteiger partial charge on any atom is -0.287 e. The molecule has 0 atom stereocenters. The Bertz CT molecular complexity index is 311. The van der Waals surface area contributed by atoms with Crippen molar-refractivity contribution in [1.82, 2.24) is 0 Å². The Morgan fingerprint density at radius 2 is 2.00 bits per heavy atom. The summed E-state index contributed by atoms with van der Waals surface area (Å²) in [6, 6.07) is 6.85. The van der Waals surface area contributed by atoms with Gasteiger partial charge in [-0.25, -0.2) is 0 Å². The first-order valence-corrected chi connectivity index (χ1v) is 3.36. The van der Waals surface area contributed by atoms with E-state index in [0.717, 1.165) is 4.76 Å². The molecule has 3 heteroatoms. The number of carbonyl (C=O) groups is 1. The molecule has 1 aromatic carbocycles. The second-order valence-electron chi connectivity index (χ2n) is 2.48. The van der Waals surface area contributed by atoms with Crippen molar-refractivity contribution in [3.63, 3.8) is 0 Å². The predicted octanol–water partition coefficient (Wildman–Crippen LogP) is 1.29. The standard InChI is InChI=1S/C8H6NO2/c10-8-5-9(11)7-4-2-1-3-6(7)8/h1-4H,5H2/q+1. The molecule has 0 bridgehead atoms. The van der Waals surface area contributed by atoms with Gasteiger partial charge in [0, 0.05) is 15.7 Å². The van der Waals surface area contributed by atoms with Crippen LogP contribution < -0.4 is 0 Å². The van der Waals surface area contributed by atoms with Crippen molar-refractivity contribution < 1.29 is 9.55 Å². The predicted molar refractivity (Wildman–Crippen MR) is 38.9 cm³/mol. The van der Waals surface area contributed by atoms with Gasteiger partial charge in [0.05, 0.1) is 0 Å². The summed E-state index contributed by atoms with van der Waals surface area (Å²) in [5.41, 5.74) is 1.04. The highest BCUT2D eigenvalue weighted by Crippen LogP contribution is 2.24. The SMILES string of the molecule is O=C1C[N+](=O)c2ccccc21. The molecule has 0 radical (unpaired) electrons. The van der Waals surface area contributed by atoms with Gasteiger partial charge in [0.1, 0.15) is 5.56 Å². The second kappa shape index (κ2) is 1.99. The van der Waals surface area contributed by atoms with Crippen molar-refractivity contribution >= 4 is 11.5 Å². The maximum absolute atomic E-state index is 11.0. The quantitative estimate of drug-likeness (QED) is 0.520. The normalized spacial score (nSPS) is 15.3. The molecular formula is C8H6NO2+. The molecule has 11 heavy (non-hydrogen) atoms. The van der Waals surface area contributed by atoms with Gasteiger partial charge in [0.15, 0.2) is 0 Å². The summed E-state index contributed by atoms with van der Waals surface area (Å²) in [4.78, 5) is 22.0. The lowest BCUT2D eigenvalue weighted by atomic mass is 10.1. The number of fused-ring (bicyclic) bond motifs is 1. The van der Waals surface area contributed by atoms with Crippen LogP contribution in [0.1, 0.15) is 10.4 Å². The van der Waals surface area contributed by atoms with Crippen molar-refractivity contribution in [2.45, 2.75) is 0 Å². The largest absolute Gasteiger partial charge is 0.287 e. The highest BCUT2D eigenvalue weighted by atomic mass is 16.3. The summed E-state index contributed by atoms with van der Waals surface area (Å²) in [6.45, 7) is -0.0284. The van der Waals surface area contributed by atoms with E-state index in [0.29, 0.717) is 11.3 Å². The van der Waals surface area contributed by atoms with E-state index in [1.807, 2.05) is 0 Å². The molecule has 0 aliphatic carbocycles. The van der Waals surface area contributed by atoms with Gasteiger partial charge in [0.25, 0.3) is 12.2 Å². The summed E-state index contributed by atoms with van der Waals surface area (Å²) in [6.07, 6.45) is 0. The molecule has 0 spiro atoms. The second-order valence-corrected chi connectivity index (χ2v) is 2.48. The van der Waals surface area contributed by atoms with Gasteiger partial charge in [-0.05, 0) is 6.07 Å². The monoisotopic (exact) mass is 148 g/mol. The lowest BCUT2D eigenvalue weighted by Gasteiger charge is -1.83. The van der Waals surface area contributed by atoms with Crippen LogP contribution in [0.25, 0.3) is 0 Å². The zero-order valence-corrected chi connectivity index (χ0v) is 5.78. The number of para-hydroxylation sites is 1. The molecule has 0 aromatic heterocycles. The minimum atomic E-state index is -0.0874. The fraction of sp³-hybridized carbons (Fsp3) is 0.125. The van der Waals surface area contributed by atoms with Crippen LogP contribution in [0, 0.1) is 4.91 Å². The first-order chi connectivity index (χ1) is 5.29. The van der Waals surface area contributed by atoms with Crippen LogP contribution >= 0.6 is 0 Å². The molecule has 0 N–H and O–H groups in total. The van der Waals surface area contributed by atoms with Crippen molar-refractivity contribution in [2.24, 2.45) is 0 Å². The smallest absolute Gasteiger partial charge is 0.267 e. The molecule has 0 amide bonds. The molecule has 2 rings (SSSR count). The van der Waals surface area contributed by atoms with Gasteiger partial charge in [-0.15, -0.1) is 0 Å². The molecule has 0 saturated carbocycles. The van der Waals surface area contributed by atoms with E-state index in [1.165, 1.54) is 0 Å². The van der Waals surface area contributed by atoms with E-state index in [1.54, 1.807) is 24.3 Å². The van der Waals surface area contributed by atoms with E-state index < -0.39 is 0 Å². The maximum Gasteiger partial charge on any atom is 0.267 e. The summed E-state index contributed by atoms with van der Waals surface area (Å²) >= 11 is 0. The van der Waals surface area contributed by atoms with Crippen LogP contribution in [0.2, 0.25) is 0 Å². The number of rotatable bonds is 0. The minimum absolute atomic E-state index is 0.0284. The van der Waals surface area contributed by atoms with Gasteiger partial charge in [-0.2, -0.15) is 0 Å². The zero-order chi connectivity index (χ0) is 7.84. The highest BCUT2D eigenvalue weighted by Gasteiger charge is 2.34. The highest BCUT2D eigenvalue weighted by molar-refractivity contribution is 6.02. The van der Waals surface area contributed by atoms with Crippen molar-refractivity contribution in [2.75, 3.05) is 6.54 Å². The van der Waals surface area contributed by atoms with E-state index in [4.69, 9.17) is 0 Å². The van der Waals surface area contributed by atoms with Crippen molar-refractivity contribution in [3.8, 4) is 0 Å². The molecular weight excluding hydrogens is 142 g/mol. The van der Waals surface area contributed by atoms with Crippen LogP contribution in [-0.2, 0) is 0 Å². The summed E-state index contributed by atoms with van der Waals surface area (Å²) in [5.74, 6) is -0.0874. The van der Waals surface area contributed by atoms with Crippen LogP contribution in [-0.4, -0.2) is 17.1 Å². The van der Waals surface area contributed by atoms with E-state index in [9.17, 15) is 9.70 Å². The average Bonchev–Trinajstić information content (AvgIpc) is 2.30. The first-order valence-electron chi connectivity index (χ1n) is 3.36. The molecule has 1 aromatic rings. The maximum atomic E-state index is 11.0. The number of hydrogen-bond acceptors (Lipinski definition) is 2. The number of carbonyl (C=O) groups excluding carboxylic acids is 1. The topological polar surface area (TPSA) is 37.1 Å². The van der Waals surface area contributed by atoms with Crippen LogP contribution in [0.15, 0.2) is 24.3 Å². The molecule has 1 aliphatic rings. The molecule has 0 saturated heterocycles. The van der Waals surface area contributed by atoms with Crippen molar-refractivity contribution in [1.29, 1.82) is 0 Å². The average molecular weight is 148 g/mol. The van der Waals surface area contributed by atoms with Gasteiger partial charge in [-0.3, -0.25) is 4.79 Å². The Balaban J connectivity index is 2.69. The van der Waals surface area contributed by atoms with Crippen LogP contribution in [0.4, 0.5) is 5.69 Å². The zero-order valence-electron chi connectivity index (χ0n) is 5.78. The molecule has 0 unspecified atom stereocenters. The number of hydrogen-bond donors (Lipinski definition) is 0. The van der Waals surface area contributed by atoms with Gasteiger partial charge < -0.3 is 0 Å². The van der Waals surface area contributed by atoms with Crippen LogP contribution in [0.3, 0.4) is 0 Å². The third-order valence-electron chi connectivity index (χ3n) is 1.76. The van der Waals surface area contributed by atoms with Gasteiger partial charge >= 0.3 is 0 Å². The number of ketones is 1. The lowest BCUT2D eigenvalue weighted by Crippen LogP contribution is -2.01. The Hall–Kier alpha value is -1.51.